The van der Waals surface area contributed by atoms with Crippen LogP contribution in [-0.4, -0.2) is 42.5 Å². The van der Waals surface area contributed by atoms with Crippen LogP contribution in [0.15, 0.2) is 42.5 Å². The predicted octanol–water partition coefficient (Wildman–Crippen LogP) is 4.67. The highest BCUT2D eigenvalue weighted by Crippen LogP contribution is 2.29. The van der Waals surface area contributed by atoms with Crippen molar-refractivity contribution >= 4 is 11.8 Å². The second kappa shape index (κ2) is 13.5. The Balaban J connectivity index is 2.15. The number of carbonyl (C=O) groups is 2. The number of aryl methyl sites for hydroxylation is 2. The van der Waals surface area contributed by atoms with Crippen molar-refractivity contribution in [2.24, 2.45) is 0 Å². The number of amides is 2. The fourth-order valence-corrected chi connectivity index (χ4v) is 3.51. The molecule has 1 N–H and O–H groups in total. The summed E-state index contributed by atoms with van der Waals surface area (Å²) in [5.41, 5.74) is 3.16. The van der Waals surface area contributed by atoms with Crippen molar-refractivity contribution in [3.05, 3.63) is 59.2 Å². The molecule has 2 amide bonds. The van der Waals surface area contributed by atoms with E-state index in [1.54, 1.807) is 11.8 Å². The highest BCUT2D eigenvalue weighted by atomic mass is 16.5. The standard InChI is InChI=1S/C27H38N2O4/c1-6-17-28-27(31)21(5)29(19-23-11-9-20(4)10-12-23)26(30)16-14-22-13-15-24(32-7-2)25(18-22)33-8-3/h9-13,15,18,21H,6-8,14,16-17,19H2,1-5H3,(H,28,31)/t21-/m1/s1. The predicted molar refractivity (Wildman–Crippen MR) is 132 cm³/mol. The first-order valence-electron chi connectivity index (χ1n) is 11.9. The Labute approximate surface area is 198 Å². The van der Waals surface area contributed by atoms with Gasteiger partial charge in [-0.25, -0.2) is 0 Å². The number of hydrogen-bond acceptors (Lipinski definition) is 4. The average molecular weight is 455 g/mol. The van der Waals surface area contributed by atoms with Crippen LogP contribution in [0.2, 0.25) is 0 Å². The largest absolute Gasteiger partial charge is 0.490 e. The van der Waals surface area contributed by atoms with E-state index < -0.39 is 6.04 Å². The van der Waals surface area contributed by atoms with Gasteiger partial charge < -0.3 is 19.7 Å². The molecule has 0 spiro atoms. The van der Waals surface area contributed by atoms with Gasteiger partial charge in [0.05, 0.1) is 13.2 Å². The van der Waals surface area contributed by atoms with Crippen LogP contribution in [-0.2, 0) is 22.6 Å². The molecule has 0 saturated heterocycles. The van der Waals surface area contributed by atoms with E-state index in [0.29, 0.717) is 50.6 Å². The summed E-state index contributed by atoms with van der Waals surface area (Å²) in [6.07, 6.45) is 1.71. The van der Waals surface area contributed by atoms with Gasteiger partial charge in [-0.3, -0.25) is 9.59 Å². The molecule has 0 aliphatic carbocycles. The quantitative estimate of drug-likeness (QED) is 0.478. The van der Waals surface area contributed by atoms with Gasteiger partial charge in [0.25, 0.3) is 0 Å². The lowest BCUT2D eigenvalue weighted by Crippen LogP contribution is -2.47. The van der Waals surface area contributed by atoms with Gasteiger partial charge in [0.2, 0.25) is 11.8 Å². The summed E-state index contributed by atoms with van der Waals surface area (Å²) in [6, 6.07) is 13.3. The summed E-state index contributed by atoms with van der Waals surface area (Å²) < 4.78 is 11.3. The number of ether oxygens (including phenoxy) is 2. The molecule has 0 radical (unpaired) electrons. The van der Waals surface area contributed by atoms with E-state index >= 15 is 0 Å². The van der Waals surface area contributed by atoms with Crippen LogP contribution in [0.5, 0.6) is 11.5 Å². The molecule has 2 aromatic rings. The lowest BCUT2D eigenvalue weighted by atomic mass is 10.1. The molecule has 2 rings (SSSR count). The lowest BCUT2D eigenvalue weighted by molar-refractivity contribution is -0.140. The maximum atomic E-state index is 13.3. The molecule has 0 saturated carbocycles. The number of benzene rings is 2. The van der Waals surface area contributed by atoms with Crippen LogP contribution in [0, 0.1) is 6.92 Å². The molecule has 0 bridgehead atoms. The highest BCUT2D eigenvalue weighted by molar-refractivity contribution is 5.87. The van der Waals surface area contributed by atoms with Gasteiger partial charge in [0.15, 0.2) is 11.5 Å². The van der Waals surface area contributed by atoms with E-state index in [1.165, 1.54) is 0 Å². The van der Waals surface area contributed by atoms with Crippen molar-refractivity contribution in [3.63, 3.8) is 0 Å². The van der Waals surface area contributed by atoms with Crippen LogP contribution in [0.25, 0.3) is 0 Å². The van der Waals surface area contributed by atoms with Gasteiger partial charge >= 0.3 is 0 Å². The minimum Gasteiger partial charge on any atom is -0.490 e. The van der Waals surface area contributed by atoms with E-state index in [1.807, 2.05) is 70.2 Å². The first-order chi connectivity index (χ1) is 15.9. The van der Waals surface area contributed by atoms with Gasteiger partial charge in [-0.2, -0.15) is 0 Å². The molecule has 0 heterocycles. The fraction of sp³-hybridized carbons (Fsp3) is 0.481. The zero-order valence-corrected chi connectivity index (χ0v) is 20.6. The van der Waals surface area contributed by atoms with Gasteiger partial charge in [-0.1, -0.05) is 42.8 Å². The zero-order chi connectivity index (χ0) is 24.2. The lowest BCUT2D eigenvalue weighted by Gasteiger charge is -2.29. The molecular formula is C27H38N2O4. The van der Waals surface area contributed by atoms with Gasteiger partial charge in [0, 0.05) is 19.5 Å². The van der Waals surface area contributed by atoms with Crippen LogP contribution in [0.1, 0.15) is 57.2 Å². The Kier molecular flexibility index (Phi) is 10.7. The molecule has 2 aromatic carbocycles. The second-order valence-electron chi connectivity index (χ2n) is 8.12. The number of carbonyl (C=O) groups excluding carboxylic acids is 2. The average Bonchev–Trinajstić information content (AvgIpc) is 2.81. The Hall–Kier alpha value is -3.02. The van der Waals surface area contributed by atoms with Crippen LogP contribution < -0.4 is 14.8 Å². The minimum atomic E-state index is -0.551. The Morgan fingerprint density at radius 1 is 0.939 bits per heavy atom. The minimum absolute atomic E-state index is 0.0541. The van der Waals surface area contributed by atoms with E-state index in [9.17, 15) is 9.59 Å². The van der Waals surface area contributed by atoms with E-state index in [4.69, 9.17) is 9.47 Å². The fourth-order valence-electron chi connectivity index (χ4n) is 3.51. The van der Waals surface area contributed by atoms with Gasteiger partial charge in [0.1, 0.15) is 6.04 Å². The van der Waals surface area contributed by atoms with Crippen molar-refractivity contribution in [1.82, 2.24) is 10.2 Å². The summed E-state index contributed by atoms with van der Waals surface area (Å²) in [5, 5.41) is 2.91. The van der Waals surface area contributed by atoms with Crippen LogP contribution in [0.4, 0.5) is 0 Å². The van der Waals surface area contributed by atoms with Gasteiger partial charge in [-0.05, 0) is 63.8 Å². The number of rotatable bonds is 13. The SMILES string of the molecule is CCCNC(=O)[C@@H](C)N(Cc1ccc(C)cc1)C(=O)CCc1ccc(OCC)c(OCC)c1. The maximum Gasteiger partial charge on any atom is 0.242 e. The third-order valence-corrected chi connectivity index (χ3v) is 5.43. The highest BCUT2D eigenvalue weighted by Gasteiger charge is 2.25. The van der Waals surface area contributed by atoms with E-state index in [-0.39, 0.29) is 11.8 Å². The first-order valence-corrected chi connectivity index (χ1v) is 11.9. The van der Waals surface area contributed by atoms with Crippen molar-refractivity contribution in [1.29, 1.82) is 0 Å². The topological polar surface area (TPSA) is 67.9 Å². The van der Waals surface area contributed by atoms with Crippen LogP contribution >= 0.6 is 0 Å². The molecule has 6 nitrogen and oxygen atoms in total. The third-order valence-electron chi connectivity index (χ3n) is 5.43. The third kappa shape index (κ3) is 8.12. The van der Waals surface area contributed by atoms with Gasteiger partial charge in [-0.15, -0.1) is 0 Å². The summed E-state index contributed by atoms with van der Waals surface area (Å²) >= 11 is 0. The summed E-state index contributed by atoms with van der Waals surface area (Å²) in [5.74, 6) is 1.21. The Bertz CT molecular complexity index is 895. The van der Waals surface area contributed by atoms with E-state index in [2.05, 4.69) is 5.32 Å². The molecule has 180 valence electrons. The maximum absolute atomic E-state index is 13.3. The summed E-state index contributed by atoms with van der Waals surface area (Å²) in [4.78, 5) is 27.6. The second-order valence-corrected chi connectivity index (χ2v) is 8.12. The summed E-state index contributed by atoms with van der Waals surface area (Å²) in [6.45, 7) is 11.8. The van der Waals surface area contributed by atoms with Crippen molar-refractivity contribution in [2.45, 2.75) is 66.5 Å². The monoisotopic (exact) mass is 454 g/mol. The Morgan fingerprint density at radius 3 is 2.21 bits per heavy atom. The van der Waals surface area contributed by atoms with Crippen molar-refractivity contribution < 1.29 is 19.1 Å². The molecule has 0 fully saturated rings. The number of nitrogens with one attached hydrogen (secondary N) is 1. The smallest absolute Gasteiger partial charge is 0.242 e. The van der Waals surface area contributed by atoms with Crippen molar-refractivity contribution in [3.8, 4) is 11.5 Å². The van der Waals surface area contributed by atoms with Crippen LogP contribution in [0.3, 0.4) is 0 Å². The molecule has 33 heavy (non-hydrogen) atoms. The number of hydrogen-bond donors (Lipinski definition) is 1. The first kappa shape index (κ1) is 26.2. The molecular weight excluding hydrogens is 416 g/mol. The molecule has 0 unspecified atom stereocenters. The summed E-state index contributed by atoms with van der Waals surface area (Å²) in [7, 11) is 0. The molecule has 0 aliphatic heterocycles. The molecule has 6 heteroatoms. The normalized spacial score (nSPS) is 11.5. The van der Waals surface area contributed by atoms with E-state index in [0.717, 1.165) is 23.1 Å². The zero-order valence-electron chi connectivity index (χ0n) is 20.6. The molecule has 1 atom stereocenters. The number of nitrogens with zero attached hydrogens (tertiary/aromatic N) is 1. The molecule has 0 aliphatic rings. The Morgan fingerprint density at radius 2 is 1.58 bits per heavy atom. The van der Waals surface area contributed by atoms with Crippen molar-refractivity contribution in [2.75, 3.05) is 19.8 Å². The molecule has 0 aromatic heterocycles.